The second-order valence-corrected chi connectivity index (χ2v) is 5.57. The van der Waals surface area contributed by atoms with Crippen molar-refractivity contribution in [3.63, 3.8) is 0 Å². The van der Waals surface area contributed by atoms with Gasteiger partial charge in [0.1, 0.15) is 5.75 Å². The minimum atomic E-state index is -0.286. The highest BCUT2D eigenvalue weighted by atomic mass is 16.5. The van der Waals surface area contributed by atoms with E-state index in [2.05, 4.69) is 24.4 Å². The molecule has 0 heterocycles. The lowest BCUT2D eigenvalue weighted by Crippen LogP contribution is -2.24. The Hall–Kier alpha value is -2.62. The van der Waals surface area contributed by atoms with Crippen LogP contribution >= 0.6 is 0 Å². The number of hydrogen-bond acceptors (Lipinski definition) is 3. The normalized spacial score (nSPS) is 10.8. The van der Waals surface area contributed by atoms with Gasteiger partial charge in [0.2, 0.25) is 0 Å². The maximum absolute atomic E-state index is 11.8. The lowest BCUT2D eigenvalue weighted by Gasteiger charge is -2.08. The van der Waals surface area contributed by atoms with Crippen molar-refractivity contribution < 1.29 is 9.53 Å². The molecule has 4 nitrogen and oxygen atoms in total. The third kappa shape index (κ3) is 4.42. The number of carbonyl (C=O) groups excluding carboxylic acids is 1. The van der Waals surface area contributed by atoms with Crippen LogP contribution < -0.4 is 10.2 Å². The van der Waals surface area contributed by atoms with E-state index < -0.39 is 0 Å². The molecule has 0 radical (unpaired) electrons. The van der Waals surface area contributed by atoms with E-state index in [4.69, 9.17) is 4.74 Å². The van der Waals surface area contributed by atoms with E-state index in [0.29, 0.717) is 5.75 Å². The van der Waals surface area contributed by atoms with Crippen LogP contribution in [-0.4, -0.2) is 18.7 Å². The molecule has 2 aromatic carbocycles. The Morgan fingerprint density at radius 2 is 1.78 bits per heavy atom. The fraction of sp³-hybridized carbons (Fsp3) is 0.263. The highest BCUT2D eigenvalue weighted by molar-refractivity contribution is 5.84. The van der Waals surface area contributed by atoms with Crippen molar-refractivity contribution in [3.05, 3.63) is 64.2 Å². The molecular formula is C19H22N2O2. The number of nitrogens with one attached hydrogen (secondary N) is 1. The van der Waals surface area contributed by atoms with Crippen molar-refractivity contribution in [2.45, 2.75) is 27.7 Å². The molecule has 2 aromatic rings. The zero-order valence-corrected chi connectivity index (χ0v) is 14.0. The monoisotopic (exact) mass is 310 g/mol. The van der Waals surface area contributed by atoms with Gasteiger partial charge in [0.25, 0.3) is 5.91 Å². The Labute approximate surface area is 137 Å². The molecule has 0 aliphatic rings. The largest absolute Gasteiger partial charge is 0.483 e. The summed E-state index contributed by atoms with van der Waals surface area (Å²) in [7, 11) is 0. The molecule has 0 atom stereocenters. The molecule has 120 valence electrons. The molecule has 2 rings (SSSR count). The fourth-order valence-electron chi connectivity index (χ4n) is 2.18. The summed E-state index contributed by atoms with van der Waals surface area (Å²) in [6.07, 6.45) is 1.66. The standard InChI is InChI=1S/C19H22N2O2/c1-13-9-10-17(16(4)15(13)3)11-20-21-19(22)12-23-18-8-6-5-7-14(18)2/h5-11H,12H2,1-4H3,(H,21,22)/b20-11+. The molecular weight excluding hydrogens is 288 g/mol. The van der Waals surface area contributed by atoms with Crippen LogP contribution in [0.25, 0.3) is 0 Å². The molecule has 1 amide bonds. The molecule has 0 fully saturated rings. The van der Waals surface area contributed by atoms with Crippen LogP contribution in [-0.2, 0) is 4.79 Å². The summed E-state index contributed by atoms with van der Waals surface area (Å²) in [5.74, 6) is 0.419. The Morgan fingerprint density at radius 1 is 1.04 bits per heavy atom. The summed E-state index contributed by atoms with van der Waals surface area (Å²) >= 11 is 0. The van der Waals surface area contributed by atoms with Gasteiger partial charge >= 0.3 is 0 Å². The van der Waals surface area contributed by atoms with Gasteiger partial charge in [-0.05, 0) is 61.6 Å². The molecule has 0 saturated carbocycles. The van der Waals surface area contributed by atoms with Gasteiger partial charge < -0.3 is 4.74 Å². The second-order valence-electron chi connectivity index (χ2n) is 5.57. The van der Waals surface area contributed by atoms with Crippen LogP contribution in [0, 0.1) is 27.7 Å². The minimum Gasteiger partial charge on any atom is -0.483 e. The number of hydrazone groups is 1. The van der Waals surface area contributed by atoms with E-state index in [-0.39, 0.29) is 12.5 Å². The Morgan fingerprint density at radius 3 is 2.52 bits per heavy atom. The molecule has 0 bridgehead atoms. The highest BCUT2D eigenvalue weighted by Crippen LogP contribution is 2.16. The van der Waals surface area contributed by atoms with E-state index in [0.717, 1.165) is 11.1 Å². The van der Waals surface area contributed by atoms with Crippen LogP contribution in [0.4, 0.5) is 0 Å². The van der Waals surface area contributed by atoms with E-state index in [1.54, 1.807) is 6.21 Å². The zero-order valence-electron chi connectivity index (χ0n) is 14.0. The molecule has 0 saturated heterocycles. The average Bonchev–Trinajstić information content (AvgIpc) is 2.54. The SMILES string of the molecule is Cc1ccccc1OCC(=O)N/N=C/c1ccc(C)c(C)c1C. The van der Waals surface area contributed by atoms with Crippen molar-refractivity contribution in [1.82, 2.24) is 5.43 Å². The van der Waals surface area contributed by atoms with E-state index in [1.165, 1.54) is 16.7 Å². The molecule has 0 unspecified atom stereocenters. The summed E-state index contributed by atoms with van der Waals surface area (Å²) in [6, 6.07) is 11.6. The first-order valence-corrected chi connectivity index (χ1v) is 7.56. The van der Waals surface area contributed by atoms with Gasteiger partial charge in [-0.3, -0.25) is 4.79 Å². The summed E-state index contributed by atoms with van der Waals surface area (Å²) < 4.78 is 5.47. The van der Waals surface area contributed by atoms with Crippen LogP contribution in [0.3, 0.4) is 0 Å². The van der Waals surface area contributed by atoms with Gasteiger partial charge in [0.05, 0.1) is 6.21 Å². The number of benzene rings is 2. The Bertz CT molecular complexity index is 736. The van der Waals surface area contributed by atoms with E-state index in [1.807, 2.05) is 50.2 Å². The van der Waals surface area contributed by atoms with Gasteiger partial charge in [0, 0.05) is 0 Å². The van der Waals surface area contributed by atoms with Crippen molar-refractivity contribution in [1.29, 1.82) is 0 Å². The number of amides is 1. The van der Waals surface area contributed by atoms with Gasteiger partial charge in [-0.25, -0.2) is 5.43 Å². The summed E-state index contributed by atoms with van der Waals surface area (Å²) in [5, 5.41) is 4.00. The lowest BCUT2D eigenvalue weighted by molar-refractivity contribution is -0.123. The van der Waals surface area contributed by atoms with Crippen LogP contribution in [0.1, 0.15) is 27.8 Å². The maximum Gasteiger partial charge on any atom is 0.277 e. The Kier molecular flexibility index (Phi) is 5.52. The minimum absolute atomic E-state index is 0.0614. The van der Waals surface area contributed by atoms with Gasteiger partial charge in [-0.1, -0.05) is 30.3 Å². The molecule has 0 aliphatic carbocycles. The fourth-order valence-corrected chi connectivity index (χ4v) is 2.18. The maximum atomic E-state index is 11.8. The van der Waals surface area contributed by atoms with Gasteiger partial charge in [-0.15, -0.1) is 0 Å². The van der Waals surface area contributed by atoms with Crippen LogP contribution in [0.15, 0.2) is 41.5 Å². The van der Waals surface area contributed by atoms with Crippen molar-refractivity contribution in [2.75, 3.05) is 6.61 Å². The molecule has 1 N–H and O–H groups in total. The first-order valence-electron chi connectivity index (χ1n) is 7.56. The molecule has 0 spiro atoms. The molecule has 4 heteroatoms. The molecule has 0 aromatic heterocycles. The van der Waals surface area contributed by atoms with E-state index in [9.17, 15) is 4.79 Å². The quantitative estimate of drug-likeness (QED) is 0.679. The average molecular weight is 310 g/mol. The Balaban J connectivity index is 1.89. The van der Waals surface area contributed by atoms with Crippen molar-refractivity contribution in [3.8, 4) is 5.75 Å². The number of aryl methyl sites for hydroxylation is 2. The van der Waals surface area contributed by atoms with Crippen LogP contribution in [0.2, 0.25) is 0 Å². The lowest BCUT2D eigenvalue weighted by atomic mass is 10.00. The number of nitrogens with zero attached hydrogens (tertiary/aromatic N) is 1. The zero-order chi connectivity index (χ0) is 16.8. The number of carbonyl (C=O) groups is 1. The number of hydrogen-bond donors (Lipinski definition) is 1. The van der Waals surface area contributed by atoms with E-state index >= 15 is 0 Å². The van der Waals surface area contributed by atoms with Crippen molar-refractivity contribution in [2.24, 2.45) is 5.10 Å². The summed E-state index contributed by atoms with van der Waals surface area (Å²) in [5.41, 5.74) is 8.13. The number of rotatable bonds is 5. The number of ether oxygens (including phenoxy) is 1. The topological polar surface area (TPSA) is 50.7 Å². The molecule has 23 heavy (non-hydrogen) atoms. The first-order chi connectivity index (χ1) is 11.0. The van der Waals surface area contributed by atoms with Crippen LogP contribution in [0.5, 0.6) is 5.75 Å². The smallest absolute Gasteiger partial charge is 0.277 e. The second kappa shape index (κ2) is 7.58. The van der Waals surface area contributed by atoms with Gasteiger partial charge in [0.15, 0.2) is 6.61 Å². The number of para-hydroxylation sites is 1. The predicted molar refractivity (Wildman–Crippen MR) is 93.1 cm³/mol. The van der Waals surface area contributed by atoms with Crippen molar-refractivity contribution >= 4 is 12.1 Å². The summed E-state index contributed by atoms with van der Waals surface area (Å²) in [6.45, 7) is 8.08. The third-order valence-corrected chi connectivity index (χ3v) is 3.95. The highest BCUT2D eigenvalue weighted by Gasteiger charge is 2.04. The third-order valence-electron chi connectivity index (χ3n) is 3.95. The molecule has 0 aliphatic heterocycles. The predicted octanol–water partition coefficient (Wildman–Crippen LogP) is 3.45. The summed E-state index contributed by atoms with van der Waals surface area (Å²) in [4.78, 5) is 11.8. The van der Waals surface area contributed by atoms with Gasteiger partial charge in [-0.2, -0.15) is 5.10 Å². The first kappa shape index (κ1) is 16.7.